The van der Waals surface area contributed by atoms with Gasteiger partial charge in [0.05, 0.1) is 6.61 Å². The number of hydrogen-bond acceptors (Lipinski definition) is 1. The number of rotatable bonds is 2. The summed E-state index contributed by atoms with van der Waals surface area (Å²) in [7, 11) is 0. The quantitative estimate of drug-likeness (QED) is 0.513. The Hall–Kier alpha value is -0.560. The van der Waals surface area contributed by atoms with Gasteiger partial charge < -0.3 is 5.11 Å². The summed E-state index contributed by atoms with van der Waals surface area (Å²) in [6.45, 7) is 5.44. The first-order chi connectivity index (χ1) is 3.35. The van der Waals surface area contributed by atoms with Crippen LogP contribution >= 0.6 is 0 Å². The van der Waals surface area contributed by atoms with Gasteiger partial charge in [-0.1, -0.05) is 18.7 Å². The minimum Gasteiger partial charge on any atom is -0.392 e. The van der Waals surface area contributed by atoms with E-state index in [0.717, 1.165) is 5.57 Å². The fourth-order valence-corrected chi connectivity index (χ4v) is 0.274. The predicted molar refractivity (Wildman–Crippen MR) is 31.0 cm³/mol. The van der Waals surface area contributed by atoms with Crippen molar-refractivity contribution in [3.63, 3.8) is 0 Å². The topological polar surface area (TPSA) is 20.2 Å². The molecule has 0 aliphatic carbocycles. The van der Waals surface area contributed by atoms with Crippen LogP contribution in [-0.2, 0) is 0 Å². The van der Waals surface area contributed by atoms with E-state index >= 15 is 0 Å². The molecule has 0 bridgehead atoms. The second-order valence-corrected chi connectivity index (χ2v) is 1.23. The van der Waals surface area contributed by atoms with Crippen molar-refractivity contribution in [3.8, 4) is 0 Å². The molecule has 40 valence electrons. The van der Waals surface area contributed by atoms with Crippen molar-refractivity contribution in [2.75, 3.05) is 6.61 Å². The summed E-state index contributed by atoms with van der Waals surface area (Å²) in [5.41, 5.74) is 0.875. The van der Waals surface area contributed by atoms with Crippen molar-refractivity contribution in [2.24, 2.45) is 0 Å². The molecule has 0 amide bonds. The third-order valence-corrected chi connectivity index (χ3v) is 0.816. The van der Waals surface area contributed by atoms with Gasteiger partial charge in [0.2, 0.25) is 0 Å². The largest absolute Gasteiger partial charge is 0.392 e. The molecule has 1 N–H and O–H groups in total. The van der Waals surface area contributed by atoms with Gasteiger partial charge in [0, 0.05) is 0 Å². The fourth-order valence-electron chi connectivity index (χ4n) is 0.274. The molecule has 0 unspecified atom stereocenters. The van der Waals surface area contributed by atoms with Crippen molar-refractivity contribution in [1.82, 2.24) is 0 Å². The molecule has 7 heavy (non-hydrogen) atoms. The highest BCUT2D eigenvalue weighted by molar-refractivity contribution is 5.14. The lowest BCUT2D eigenvalue weighted by atomic mass is 10.3. The van der Waals surface area contributed by atoms with E-state index in [1.807, 2.05) is 13.0 Å². The Morgan fingerprint density at radius 3 is 2.43 bits per heavy atom. The van der Waals surface area contributed by atoms with Crippen molar-refractivity contribution in [3.05, 3.63) is 24.3 Å². The maximum Gasteiger partial charge on any atom is 0.0678 e. The molecule has 0 saturated heterocycles. The highest BCUT2D eigenvalue weighted by Crippen LogP contribution is 1.89. The van der Waals surface area contributed by atoms with Crippen LogP contribution in [0.25, 0.3) is 0 Å². The molecule has 0 spiro atoms. The van der Waals surface area contributed by atoms with Crippen LogP contribution in [0.3, 0.4) is 0 Å². The second kappa shape index (κ2) is 3.62. The van der Waals surface area contributed by atoms with Gasteiger partial charge in [-0.15, -0.1) is 0 Å². The summed E-state index contributed by atoms with van der Waals surface area (Å²) in [4.78, 5) is 0. The number of aliphatic hydroxyl groups excluding tert-OH is 1. The van der Waals surface area contributed by atoms with Crippen molar-refractivity contribution < 1.29 is 5.11 Å². The average molecular weight is 98.1 g/mol. The van der Waals surface area contributed by atoms with Crippen LogP contribution < -0.4 is 0 Å². The Bertz CT molecular complexity index is 82.2. The van der Waals surface area contributed by atoms with Crippen LogP contribution in [0.5, 0.6) is 0 Å². The molecule has 1 nitrogen and oxygen atoms in total. The lowest BCUT2D eigenvalue weighted by Gasteiger charge is -1.87. The molecule has 0 aromatic carbocycles. The van der Waals surface area contributed by atoms with E-state index in [1.165, 1.54) is 0 Å². The zero-order valence-corrected chi connectivity index (χ0v) is 4.52. The van der Waals surface area contributed by atoms with Crippen LogP contribution in [0.15, 0.2) is 24.3 Å². The van der Waals surface area contributed by atoms with Gasteiger partial charge >= 0.3 is 0 Å². The standard InChI is InChI=1S/C6H10O/c1-3-6(4-2)5-7/h3-4,7H,1,5H2,2H3/b6-4-. The SMILES string of the molecule is C=C/C(=C/C)CO. The molecule has 0 aliphatic rings. The predicted octanol–water partition coefficient (Wildman–Crippen LogP) is 1.11. The monoisotopic (exact) mass is 98.1 g/mol. The summed E-state index contributed by atoms with van der Waals surface area (Å²) >= 11 is 0. The zero-order valence-electron chi connectivity index (χ0n) is 4.52. The van der Waals surface area contributed by atoms with E-state index in [0.29, 0.717) is 0 Å². The Balaban J connectivity index is 3.60. The summed E-state index contributed by atoms with van der Waals surface area (Å²) in [6, 6.07) is 0. The van der Waals surface area contributed by atoms with Crippen molar-refractivity contribution >= 4 is 0 Å². The highest BCUT2D eigenvalue weighted by atomic mass is 16.3. The Labute approximate surface area is 44.0 Å². The first kappa shape index (κ1) is 6.44. The number of hydrogen-bond donors (Lipinski definition) is 1. The van der Waals surface area contributed by atoms with Gasteiger partial charge in [-0.2, -0.15) is 0 Å². The summed E-state index contributed by atoms with van der Waals surface area (Å²) in [5, 5.41) is 8.39. The van der Waals surface area contributed by atoms with Crippen molar-refractivity contribution in [1.29, 1.82) is 0 Å². The molecule has 0 radical (unpaired) electrons. The summed E-state index contributed by atoms with van der Waals surface area (Å²) in [6.07, 6.45) is 3.47. The van der Waals surface area contributed by atoms with E-state index in [-0.39, 0.29) is 6.61 Å². The third-order valence-electron chi connectivity index (χ3n) is 0.816. The molecule has 0 aromatic rings. The third kappa shape index (κ3) is 2.18. The van der Waals surface area contributed by atoms with E-state index < -0.39 is 0 Å². The normalized spacial score (nSPS) is 11.4. The zero-order chi connectivity index (χ0) is 5.70. The summed E-state index contributed by atoms with van der Waals surface area (Å²) in [5.74, 6) is 0. The molecule has 0 rings (SSSR count). The van der Waals surface area contributed by atoms with E-state index in [2.05, 4.69) is 6.58 Å². The Morgan fingerprint density at radius 2 is 2.43 bits per heavy atom. The number of allylic oxidation sites excluding steroid dienone is 1. The minimum atomic E-state index is 0.0972. The van der Waals surface area contributed by atoms with Gasteiger partial charge in [-0.3, -0.25) is 0 Å². The Morgan fingerprint density at radius 1 is 1.86 bits per heavy atom. The molecule has 0 heterocycles. The van der Waals surface area contributed by atoms with Gasteiger partial charge in [0.25, 0.3) is 0 Å². The first-order valence-corrected chi connectivity index (χ1v) is 2.23. The smallest absolute Gasteiger partial charge is 0.0678 e. The van der Waals surface area contributed by atoms with Gasteiger partial charge in [0.1, 0.15) is 0 Å². The molecule has 0 fully saturated rings. The number of aliphatic hydroxyl groups is 1. The lowest BCUT2D eigenvalue weighted by Crippen LogP contribution is -1.81. The maximum absolute atomic E-state index is 8.39. The van der Waals surface area contributed by atoms with Gasteiger partial charge in [0.15, 0.2) is 0 Å². The highest BCUT2D eigenvalue weighted by Gasteiger charge is 1.78. The molecule has 0 aromatic heterocycles. The average Bonchev–Trinajstić information content (AvgIpc) is 1.72. The van der Waals surface area contributed by atoms with Crippen molar-refractivity contribution in [2.45, 2.75) is 6.92 Å². The lowest BCUT2D eigenvalue weighted by molar-refractivity contribution is 0.335. The van der Waals surface area contributed by atoms with Crippen LogP contribution in [0, 0.1) is 0 Å². The Kier molecular flexibility index (Phi) is 3.33. The molecule has 1 heteroatoms. The minimum absolute atomic E-state index is 0.0972. The molecule has 0 saturated carbocycles. The van der Waals surface area contributed by atoms with E-state index in [4.69, 9.17) is 5.11 Å². The fraction of sp³-hybridized carbons (Fsp3) is 0.333. The van der Waals surface area contributed by atoms with E-state index in [1.54, 1.807) is 6.08 Å². The first-order valence-electron chi connectivity index (χ1n) is 2.23. The van der Waals surface area contributed by atoms with Crippen LogP contribution in [0.1, 0.15) is 6.92 Å². The summed E-state index contributed by atoms with van der Waals surface area (Å²) < 4.78 is 0. The van der Waals surface area contributed by atoms with Gasteiger partial charge in [-0.25, -0.2) is 0 Å². The molecular formula is C6H10O. The molecule has 0 atom stereocenters. The second-order valence-electron chi connectivity index (χ2n) is 1.23. The maximum atomic E-state index is 8.39. The van der Waals surface area contributed by atoms with E-state index in [9.17, 15) is 0 Å². The van der Waals surface area contributed by atoms with Gasteiger partial charge in [-0.05, 0) is 12.5 Å². The molecular weight excluding hydrogens is 88.1 g/mol. The van der Waals surface area contributed by atoms with Crippen LogP contribution in [0.2, 0.25) is 0 Å². The molecule has 0 aliphatic heterocycles. The van der Waals surface area contributed by atoms with Crippen LogP contribution in [-0.4, -0.2) is 11.7 Å². The van der Waals surface area contributed by atoms with Crippen LogP contribution in [0.4, 0.5) is 0 Å².